The number of ether oxygens (including phenoxy) is 1. The van der Waals surface area contributed by atoms with Crippen LogP contribution in [0.2, 0.25) is 0 Å². The maximum Gasteiger partial charge on any atom is 0.320 e. The van der Waals surface area contributed by atoms with E-state index >= 15 is 0 Å². The highest BCUT2D eigenvalue weighted by atomic mass is 16.6. The molecule has 0 radical (unpaired) electrons. The van der Waals surface area contributed by atoms with E-state index in [0.717, 1.165) is 0 Å². The first kappa shape index (κ1) is 13.9. The molecule has 0 aliphatic heterocycles. The molecule has 0 fully saturated rings. The summed E-state index contributed by atoms with van der Waals surface area (Å²) in [6.45, 7) is 0.186. The first-order chi connectivity index (χ1) is 8.52. The molecular formula is C11H14N2O5. The van der Waals surface area contributed by atoms with Gasteiger partial charge in [-0.15, -0.1) is 0 Å². The molecule has 0 bridgehead atoms. The number of rotatable bonds is 7. The van der Waals surface area contributed by atoms with Gasteiger partial charge in [-0.25, -0.2) is 0 Å². The molecule has 7 heteroatoms. The summed E-state index contributed by atoms with van der Waals surface area (Å²) in [5.74, 6) is -0.896. The predicted octanol–water partition coefficient (Wildman–Crippen LogP) is 1.17. The molecule has 7 nitrogen and oxygen atoms in total. The Morgan fingerprint density at radius 3 is 2.78 bits per heavy atom. The molecule has 0 amide bonds. The van der Waals surface area contributed by atoms with Crippen molar-refractivity contribution in [3.05, 3.63) is 34.4 Å². The van der Waals surface area contributed by atoms with Gasteiger partial charge in [0.15, 0.2) is 5.75 Å². The largest absolute Gasteiger partial charge is 0.487 e. The van der Waals surface area contributed by atoms with Crippen molar-refractivity contribution in [1.82, 2.24) is 0 Å². The summed E-state index contributed by atoms with van der Waals surface area (Å²) in [4.78, 5) is 20.6. The third-order valence-electron chi connectivity index (χ3n) is 2.30. The maximum atomic E-state index is 10.7. The van der Waals surface area contributed by atoms with Gasteiger partial charge in [0.05, 0.1) is 11.5 Å². The number of carbonyl (C=O) groups is 1. The van der Waals surface area contributed by atoms with Crippen LogP contribution in [0.1, 0.15) is 12.8 Å². The predicted molar refractivity (Wildman–Crippen MR) is 63.4 cm³/mol. The Kier molecular flexibility index (Phi) is 5.06. The number of carboxylic acids is 1. The Hall–Kier alpha value is -2.15. The second kappa shape index (κ2) is 6.55. The minimum Gasteiger partial charge on any atom is -0.487 e. The van der Waals surface area contributed by atoms with E-state index in [1.807, 2.05) is 0 Å². The fourth-order valence-electron chi connectivity index (χ4n) is 1.34. The normalized spacial score (nSPS) is 11.8. The number of aliphatic carboxylic acids is 1. The molecular weight excluding hydrogens is 240 g/mol. The van der Waals surface area contributed by atoms with Crippen LogP contribution in [-0.4, -0.2) is 28.6 Å². The van der Waals surface area contributed by atoms with E-state index in [9.17, 15) is 14.9 Å². The number of nitrogens with zero attached hydrogens (tertiary/aromatic N) is 1. The molecule has 1 unspecified atom stereocenters. The zero-order valence-electron chi connectivity index (χ0n) is 9.61. The molecule has 0 aliphatic carbocycles. The molecule has 1 rings (SSSR count). The first-order valence-corrected chi connectivity index (χ1v) is 5.37. The highest BCUT2D eigenvalue weighted by Gasteiger charge is 2.14. The Labute approximate surface area is 103 Å². The van der Waals surface area contributed by atoms with Gasteiger partial charge in [0.2, 0.25) is 0 Å². The molecule has 3 N–H and O–H groups in total. The number of benzene rings is 1. The number of nitrogens with two attached hydrogens (primary N) is 1. The zero-order chi connectivity index (χ0) is 13.5. The summed E-state index contributed by atoms with van der Waals surface area (Å²) in [7, 11) is 0. The molecule has 0 spiro atoms. The summed E-state index contributed by atoms with van der Waals surface area (Å²) in [5.41, 5.74) is 5.20. The molecule has 0 aliphatic rings. The van der Waals surface area contributed by atoms with Crippen molar-refractivity contribution in [2.75, 3.05) is 6.61 Å². The van der Waals surface area contributed by atoms with Crippen LogP contribution in [-0.2, 0) is 4.79 Å². The van der Waals surface area contributed by atoms with E-state index in [0.29, 0.717) is 6.42 Å². The van der Waals surface area contributed by atoms with E-state index in [-0.39, 0.29) is 24.5 Å². The second-order valence-electron chi connectivity index (χ2n) is 3.66. The monoisotopic (exact) mass is 254 g/mol. The van der Waals surface area contributed by atoms with Gasteiger partial charge in [-0.3, -0.25) is 14.9 Å². The Balaban J connectivity index is 2.45. The molecule has 0 aromatic heterocycles. The molecule has 18 heavy (non-hydrogen) atoms. The SMILES string of the molecule is NC(CCCOc1ccccc1[N+](=O)[O-])C(=O)O. The van der Waals surface area contributed by atoms with Gasteiger partial charge in [-0.1, -0.05) is 12.1 Å². The molecule has 0 heterocycles. The molecule has 1 aromatic carbocycles. The lowest BCUT2D eigenvalue weighted by atomic mass is 10.2. The quantitative estimate of drug-likeness (QED) is 0.428. The van der Waals surface area contributed by atoms with Gasteiger partial charge in [0.25, 0.3) is 0 Å². The van der Waals surface area contributed by atoms with Crippen molar-refractivity contribution >= 4 is 11.7 Å². The van der Waals surface area contributed by atoms with Crippen molar-refractivity contribution in [1.29, 1.82) is 0 Å². The van der Waals surface area contributed by atoms with E-state index in [4.69, 9.17) is 15.6 Å². The third kappa shape index (κ3) is 4.02. The minimum absolute atomic E-state index is 0.111. The lowest BCUT2D eigenvalue weighted by molar-refractivity contribution is -0.385. The third-order valence-corrected chi connectivity index (χ3v) is 2.30. The summed E-state index contributed by atoms with van der Waals surface area (Å²) in [5, 5.41) is 19.2. The summed E-state index contributed by atoms with van der Waals surface area (Å²) in [6, 6.07) is 5.09. The molecule has 0 saturated heterocycles. The van der Waals surface area contributed by atoms with Crippen LogP contribution in [0.3, 0.4) is 0 Å². The van der Waals surface area contributed by atoms with E-state index in [2.05, 4.69) is 0 Å². The Bertz CT molecular complexity index is 435. The molecule has 98 valence electrons. The number of para-hydroxylation sites is 2. The van der Waals surface area contributed by atoms with Crippen molar-refractivity contribution in [3.63, 3.8) is 0 Å². The van der Waals surface area contributed by atoms with Crippen LogP contribution >= 0.6 is 0 Å². The number of nitro benzene ring substituents is 1. The lowest BCUT2D eigenvalue weighted by Gasteiger charge is -2.08. The van der Waals surface area contributed by atoms with E-state index < -0.39 is 16.9 Å². The van der Waals surface area contributed by atoms with Gasteiger partial charge in [-0.2, -0.15) is 0 Å². The highest BCUT2D eigenvalue weighted by Crippen LogP contribution is 2.25. The number of hydrogen-bond donors (Lipinski definition) is 2. The van der Waals surface area contributed by atoms with Crippen molar-refractivity contribution < 1.29 is 19.6 Å². The topological polar surface area (TPSA) is 116 Å². The molecule has 1 atom stereocenters. The van der Waals surface area contributed by atoms with Crippen LogP contribution in [0.25, 0.3) is 0 Å². The van der Waals surface area contributed by atoms with Crippen molar-refractivity contribution in [3.8, 4) is 5.75 Å². The Morgan fingerprint density at radius 2 is 2.17 bits per heavy atom. The van der Waals surface area contributed by atoms with Gasteiger partial charge >= 0.3 is 11.7 Å². The van der Waals surface area contributed by atoms with Crippen LogP contribution in [0, 0.1) is 10.1 Å². The minimum atomic E-state index is -1.07. The first-order valence-electron chi connectivity index (χ1n) is 5.37. The lowest BCUT2D eigenvalue weighted by Crippen LogP contribution is -2.30. The standard InChI is InChI=1S/C11H14N2O5/c12-8(11(14)15)4-3-7-18-10-6-2-1-5-9(10)13(16)17/h1-2,5-6,8H,3-4,7,12H2,(H,14,15). The average molecular weight is 254 g/mol. The van der Waals surface area contributed by atoms with Crippen LogP contribution in [0.4, 0.5) is 5.69 Å². The zero-order valence-corrected chi connectivity index (χ0v) is 9.61. The van der Waals surface area contributed by atoms with Gasteiger partial charge < -0.3 is 15.6 Å². The number of nitro groups is 1. The van der Waals surface area contributed by atoms with E-state index in [1.165, 1.54) is 12.1 Å². The smallest absolute Gasteiger partial charge is 0.320 e. The summed E-state index contributed by atoms with van der Waals surface area (Å²) < 4.78 is 5.24. The van der Waals surface area contributed by atoms with Gasteiger partial charge in [-0.05, 0) is 18.9 Å². The van der Waals surface area contributed by atoms with Crippen LogP contribution in [0.5, 0.6) is 5.75 Å². The summed E-state index contributed by atoms with van der Waals surface area (Å²) >= 11 is 0. The van der Waals surface area contributed by atoms with Crippen molar-refractivity contribution in [2.24, 2.45) is 5.73 Å². The fourth-order valence-corrected chi connectivity index (χ4v) is 1.34. The fraction of sp³-hybridized carbons (Fsp3) is 0.364. The van der Waals surface area contributed by atoms with E-state index in [1.54, 1.807) is 12.1 Å². The molecule has 1 aromatic rings. The maximum absolute atomic E-state index is 10.7. The van der Waals surface area contributed by atoms with Crippen LogP contribution in [0.15, 0.2) is 24.3 Å². The van der Waals surface area contributed by atoms with Crippen molar-refractivity contribution in [2.45, 2.75) is 18.9 Å². The van der Waals surface area contributed by atoms with Crippen LogP contribution < -0.4 is 10.5 Å². The number of carboxylic acid groups (broad SMARTS) is 1. The highest BCUT2D eigenvalue weighted by molar-refractivity contribution is 5.72. The van der Waals surface area contributed by atoms with Gasteiger partial charge in [0, 0.05) is 6.07 Å². The Morgan fingerprint density at radius 1 is 1.50 bits per heavy atom. The number of hydrogen-bond acceptors (Lipinski definition) is 5. The molecule has 0 saturated carbocycles. The second-order valence-corrected chi connectivity index (χ2v) is 3.66. The van der Waals surface area contributed by atoms with Gasteiger partial charge in [0.1, 0.15) is 6.04 Å². The average Bonchev–Trinajstić information content (AvgIpc) is 2.34. The summed E-state index contributed by atoms with van der Waals surface area (Å²) in [6.07, 6.45) is 0.676.